The molecule has 6 aromatic rings. The minimum absolute atomic E-state index is 0.219. The number of nitrogens with zero attached hydrogens (tertiary/aromatic N) is 4. The number of anilines is 1. The first kappa shape index (κ1) is 26.7. The normalized spacial score (nSPS) is 10.2. The number of nitrogen functional groups attached to an aromatic ring is 1. The summed E-state index contributed by atoms with van der Waals surface area (Å²) >= 11 is 0. The van der Waals surface area contributed by atoms with Crippen LogP contribution in [-0.4, -0.2) is 36.6 Å². The smallest absolute Gasteiger partial charge is 0.239 e. The lowest BCUT2D eigenvalue weighted by atomic mass is 10.1. The fourth-order valence-corrected chi connectivity index (χ4v) is 3.18. The number of aromatic nitrogens is 6. The topological polar surface area (TPSA) is 153 Å². The highest BCUT2D eigenvalue weighted by atomic mass is 19.1. The Kier molecular flexibility index (Phi) is 9.05. The van der Waals surface area contributed by atoms with Crippen molar-refractivity contribution in [2.75, 3.05) is 5.73 Å². The lowest BCUT2D eigenvalue weighted by Gasteiger charge is -1.98. The van der Waals surface area contributed by atoms with E-state index in [0.717, 1.165) is 24.2 Å². The summed E-state index contributed by atoms with van der Waals surface area (Å²) in [5, 5.41) is 13.3. The third-order valence-corrected chi connectivity index (χ3v) is 5.10. The SMILES string of the molecule is Fc1ccc(CCc2nc(-c3ccco3)n[nH]2)cc1.Nc1n[nH]c(-c2ccco2)n1.O=Cc1ccc(F)cc1. The summed E-state index contributed by atoms with van der Waals surface area (Å²) < 4.78 is 35.1. The van der Waals surface area contributed by atoms with E-state index in [9.17, 15) is 13.6 Å². The van der Waals surface area contributed by atoms with Crippen LogP contribution in [0.15, 0.2) is 94.2 Å². The molecule has 0 aliphatic carbocycles. The van der Waals surface area contributed by atoms with Crippen molar-refractivity contribution < 1.29 is 22.4 Å². The Morgan fingerprint density at radius 3 is 1.97 bits per heavy atom. The highest BCUT2D eigenvalue weighted by Gasteiger charge is 2.08. The van der Waals surface area contributed by atoms with Gasteiger partial charge in [0, 0.05) is 12.0 Å². The van der Waals surface area contributed by atoms with Crippen molar-refractivity contribution in [3.05, 3.63) is 114 Å². The lowest BCUT2D eigenvalue weighted by molar-refractivity contribution is 0.112. The maximum absolute atomic E-state index is 12.8. The molecule has 0 atom stereocenters. The van der Waals surface area contributed by atoms with Crippen LogP contribution in [0, 0.1) is 11.6 Å². The van der Waals surface area contributed by atoms with Gasteiger partial charge in [0.15, 0.2) is 17.3 Å². The zero-order chi connectivity index (χ0) is 27.5. The van der Waals surface area contributed by atoms with Crippen LogP contribution in [0.4, 0.5) is 14.7 Å². The molecule has 4 N–H and O–H groups in total. The van der Waals surface area contributed by atoms with Gasteiger partial charge in [-0.05, 0) is 72.6 Å². The van der Waals surface area contributed by atoms with Crippen molar-refractivity contribution in [2.45, 2.75) is 12.8 Å². The highest BCUT2D eigenvalue weighted by Crippen LogP contribution is 2.16. The number of nitrogens with one attached hydrogen (secondary N) is 2. The summed E-state index contributed by atoms with van der Waals surface area (Å²) in [6.07, 6.45) is 5.34. The maximum atomic E-state index is 12.8. The minimum atomic E-state index is -0.319. The number of nitrogens with two attached hydrogens (primary N) is 1. The van der Waals surface area contributed by atoms with Gasteiger partial charge in [0.1, 0.15) is 23.7 Å². The Balaban J connectivity index is 0.000000149. The molecule has 0 unspecified atom stereocenters. The molecule has 0 spiro atoms. The fraction of sp³-hybridized carbons (Fsp3) is 0.0741. The Hall–Kier alpha value is -5.39. The number of carbonyl (C=O) groups is 1. The van der Waals surface area contributed by atoms with Gasteiger partial charge in [-0.3, -0.25) is 15.0 Å². The van der Waals surface area contributed by atoms with Crippen molar-refractivity contribution in [1.82, 2.24) is 30.4 Å². The number of aryl methyl sites for hydroxylation is 2. The Morgan fingerprint density at radius 1 is 0.769 bits per heavy atom. The van der Waals surface area contributed by atoms with Crippen LogP contribution in [0.5, 0.6) is 0 Å². The molecule has 0 radical (unpaired) electrons. The van der Waals surface area contributed by atoms with Crippen molar-refractivity contribution in [3.63, 3.8) is 0 Å². The van der Waals surface area contributed by atoms with E-state index >= 15 is 0 Å². The molecule has 0 fully saturated rings. The number of aromatic amines is 2. The molecule has 0 saturated carbocycles. The third-order valence-electron chi connectivity index (χ3n) is 5.10. The first-order valence-electron chi connectivity index (χ1n) is 11.6. The molecule has 6 rings (SSSR count). The number of benzene rings is 2. The van der Waals surface area contributed by atoms with Gasteiger partial charge in [-0.2, -0.15) is 10.1 Å². The summed E-state index contributed by atoms with van der Waals surface area (Å²) in [6, 6.07) is 19.0. The van der Waals surface area contributed by atoms with E-state index in [1.165, 1.54) is 36.4 Å². The first-order valence-corrected chi connectivity index (χ1v) is 11.6. The maximum Gasteiger partial charge on any atom is 0.239 e. The van der Waals surface area contributed by atoms with Crippen LogP contribution in [-0.2, 0) is 12.8 Å². The molecular weight excluding hydrogens is 508 g/mol. The predicted molar refractivity (Wildman–Crippen MR) is 138 cm³/mol. The van der Waals surface area contributed by atoms with E-state index in [1.54, 1.807) is 42.9 Å². The molecule has 0 aliphatic heterocycles. The van der Waals surface area contributed by atoms with Crippen LogP contribution in [0.25, 0.3) is 23.2 Å². The number of rotatable bonds is 6. The number of aldehydes is 1. The zero-order valence-electron chi connectivity index (χ0n) is 20.4. The molecule has 2 aromatic carbocycles. The second-order valence-corrected chi connectivity index (χ2v) is 7.90. The summed E-state index contributed by atoms with van der Waals surface area (Å²) in [7, 11) is 0. The second-order valence-electron chi connectivity index (χ2n) is 7.90. The second kappa shape index (κ2) is 13.2. The Bertz CT molecular complexity index is 1540. The van der Waals surface area contributed by atoms with Crippen molar-refractivity contribution >= 4 is 12.2 Å². The number of hydrogen-bond acceptors (Lipinski definition) is 8. The number of furan rings is 2. The van der Waals surface area contributed by atoms with Crippen LogP contribution in [0.1, 0.15) is 21.7 Å². The van der Waals surface area contributed by atoms with Gasteiger partial charge in [0.2, 0.25) is 11.8 Å². The zero-order valence-corrected chi connectivity index (χ0v) is 20.4. The molecule has 10 nitrogen and oxygen atoms in total. The van der Waals surface area contributed by atoms with Crippen molar-refractivity contribution in [1.29, 1.82) is 0 Å². The molecule has 198 valence electrons. The average Bonchev–Trinajstić information content (AvgIpc) is 3.77. The van der Waals surface area contributed by atoms with Crippen LogP contribution in [0.2, 0.25) is 0 Å². The molecular formula is C27H23F2N7O3. The van der Waals surface area contributed by atoms with E-state index in [1.807, 2.05) is 6.07 Å². The molecule has 39 heavy (non-hydrogen) atoms. The number of carbonyl (C=O) groups excluding carboxylic acids is 1. The van der Waals surface area contributed by atoms with Gasteiger partial charge in [-0.15, -0.1) is 5.10 Å². The van der Waals surface area contributed by atoms with E-state index in [0.29, 0.717) is 35.0 Å². The molecule has 0 bridgehead atoms. The van der Waals surface area contributed by atoms with Gasteiger partial charge < -0.3 is 14.6 Å². The highest BCUT2D eigenvalue weighted by molar-refractivity contribution is 5.74. The average molecular weight is 532 g/mol. The number of halogens is 2. The van der Waals surface area contributed by atoms with Gasteiger partial charge in [-0.1, -0.05) is 12.1 Å². The lowest BCUT2D eigenvalue weighted by Crippen LogP contribution is -1.93. The third kappa shape index (κ3) is 8.05. The fourth-order valence-electron chi connectivity index (χ4n) is 3.18. The largest absolute Gasteiger partial charge is 0.461 e. The monoisotopic (exact) mass is 531 g/mol. The Morgan fingerprint density at radius 2 is 1.41 bits per heavy atom. The molecule has 0 amide bonds. The minimum Gasteiger partial charge on any atom is -0.461 e. The standard InChI is InChI=1S/C14H12FN3O.C7H5FO.C6H6N4O/c15-11-6-3-10(4-7-11)5-8-13-16-14(18-17-13)12-2-1-9-19-12;8-7-3-1-6(5-9)2-4-7;7-6-8-5(9-10-6)4-2-1-3-11-4/h1-4,6-7,9H,5,8H2,(H,16,17,18);1-5H;1-3H,(H3,7,8,9,10). The van der Waals surface area contributed by atoms with E-state index in [2.05, 4.69) is 30.4 Å². The van der Waals surface area contributed by atoms with Gasteiger partial charge in [-0.25, -0.2) is 13.8 Å². The molecule has 12 heteroatoms. The van der Waals surface area contributed by atoms with E-state index < -0.39 is 0 Å². The van der Waals surface area contributed by atoms with Gasteiger partial charge >= 0.3 is 0 Å². The van der Waals surface area contributed by atoms with Crippen molar-refractivity contribution in [3.8, 4) is 23.2 Å². The van der Waals surface area contributed by atoms with Crippen molar-refractivity contribution in [2.24, 2.45) is 0 Å². The first-order chi connectivity index (χ1) is 19.0. The Labute approximate surface area is 220 Å². The molecule has 0 aliphatic rings. The molecule has 4 heterocycles. The van der Waals surface area contributed by atoms with E-state index in [-0.39, 0.29) is 17.6 Å². The van der Waals surface area contributed by atoms with Gasteiger partial charge in [0.05, 0.1) is 12.5 Å². The quantitative estimate of drug-likeness (QED) is 0.246. The van der Waals surface area contributed by atoms with Crippen LogP contribution in [0.3, 0.4) is 0 Å². The summed E-state index contributed by atoms with van der Waals surface area (Å²) in [6.45, 7) is 0. The molecule has 4 aromatic heterocycles. The van der Waals surface area contributed by atoms with Gasteiger partial charge in [0.25, 0.3) is 0 Å². The van der Waals surface area contributed by atoms with E-state index in [4.69, 9.17) is 14.6 Å². The summed E-state index contributed by atoms with van der Waals surface area (Å²) in [5.41, 5.74) is 6.85. The van der Waals surface area contributed by atoms with Crippen LogP contribution >= 0.6 is 0 Å². The predicted octanol–water partition coefficient (Wildman–Crippen LogP) is 5.27. The molecule has 0 saturated heterocycles. The summed E-state index contributed by atoms with van der Waals surface area (Å²) in [5.74, 6) is 2.85. The van der Waals surface area contributed by atoms with Crippen LogP contribution < -0.4 is 5.73 Å². The number of hydrogen-bond donors (Lipinski definition) is 3. The summed E-state index contributed by atoms with van der Waals surface area (Å²) in [4.78, 5) is 18.2. The number of H-pyrrole nitrogens is 2.